The molecule has 0 aromatic heterocycles. The zero-order chi connectivity index (χ0) is 9.38. The third kappa shape index (κ3) is 0.956. The Bertz CT molecular complexity index is 435. The van der Waals surface area contributed by atoms with E-state index in [1.165, 1.54) is 0 Å². The molecule has 0 aromatic rings. The molecule has 0 saturated carbocycles. The summed E-state index contributed by atoms with van der Waals surface area (Å²) in [6.45, 7) is 0. The van der Waals surface area contributed by atoms with E-state index in [4.69, 9.17) is 0 Å². The van der Waals surface area contributed by atoms with Crippen molar-refractivity contribution in [3.63, 3.8) is 0 Å². The first-order chi connectivity index (χ1) is 6.95. The van der Waals surface area contributed by atoms with Crippen LogP contribution in [0.25, 0.3) is 0 Å². The van der Waals surface area contributed by atoms with Crippen molar-refractivity contribution >= 4 is 5.71 Å². The van der Waals surface area contributed by atoms with Gasteiger partial charge < -0.3 is 0 Å². The van der Waals surface area contributed by atoms with Crippen LogP contribution in [-0.4, -0.2) is 15.8 Å². The molecule has 14 heavy (non-hydrogen) atoms. The van der Waals surface area contributed by atoms with E-state index >= 15 is 0 Å². The third-order valence-electron chi connectivity index (χ3n) is 2.23. The van der Waals surface area contributed by atoms with Gasteiger partial charge in [0.05, 0.1) is 5.70 Å². The van der Waals surface area contributed by atoms with Crippen molar-refractivity contribution in [2.45, 2.75) is 0 Å². The summed E-state index contributed by atoms with van der Waals surface area (Å²) in [6.07, 6.45) is 18.0. The Hall–Kier alpha value is -2.03. The fourth-order valence-electron chi connectivity index (χ4n) is 1.59. The topological polar surface area (TPSA) is 18.8 Å². The van der Waals surface area contributed by atoms with E-state index in [1.807, 2.05) is 59.0 Å². The number of fused-ring (bicyclic) bond motifs is 3. The van der Waals surface area contributed by atoms with Crippen LogP contribution in [0, 0.1) is 0 Å². The van der Waals surface area contributed by atoms with Crippen LogP contribution >= 0.6 is 0 Å². The number of allylic oxidation sites excluding steroid dienone is 7. The average Bonchev–Trinajstić information content (AvgIpc) is 2.42. The lowest BCUT2D eigenvalue weighted by Crippen LogP contribution is -2.26. The molecule has 0 spiro atoms. The second-order valence-electron chi connectivity index (χ2n) is 3.13. The van der Waals surface area contributed by atoms with Crippen molar-refractivity contribution in [2.75, 3.05) is 0 Å². The fourth-order valence-corrected chi connectivity index (χ4v) is 1.59. The smallest absolute Gasteiger partial charge is 0.111 e. The van der Waals surface area contributed by atoms with E-state index in [1.54, 1.807) is 0 Å². The molecule has 0 N–H and O–H groups in total. The van der Waals surface area contributed by atoms with Gasteiger partial charge in [0, 0.05) is 12.4 Å². The van der Waals surface area contributed by atoms with E-state index < -0.39 is 0 Å². The van der Waals surface area contributed by atoms with Gasteiger partial charge in [0.15, 0.2) is 0 Å². The van der Waals surface area contributed by atoms with Crippen LogP contribution in [0.5, 0.6) is 0 Å². The lowest BCUT2D eigenvalue weighted by Gasteiger charge is -2.24. The molecular formula is C11H9N3. The predicted octanol–water partition coefficient (Wildman–Crippen LogP) is 1.93. The maximum absolute atomic E-state index is 4.43. The van der Waals surface area contributed by atoms with Crippen LogP contribution in [0.4, 0.5) is 0 Å². The molecule has 0 radical (unpaired) electrons. The maximum atomic E-state index is 4.43. The van der Waals surface area contributed by atoms with Crippen molar-refractivity contribution in [2.24, 2.45) is 5.10 Å². The second kappa shape index (κ2) is 2.73. The molecule has 3 aliphatic rings. The zero-order valence-corrected chi connectivity index (χ0v) is 7.54. The SMILES string of the molecule is C1=CC=C2C(=NN3C=CC=CN23)C=C1. The minimum atomic E-state index is 0.992. The first kappa shape index (κ1) is 7.38. The molecule has 0 unspecified atom stereocenters. The molecule has 0 amide bonds. The highest BCUT2D eigenvalue weighted by molar-refractivity contribution is 6.09. The Labute approximate surface area is 82.3 Å². The van der Waals surface area contributed by atoms with Gasteiger partial charge in [-0.05, 0) is 24.3 Å². The Balaban J connectivity index is 2.09. The summed E-state index contributed by atoms with van der Waals surface area (Å²) in [5.74, 6) is 0. The Morgan fingerprint density at radius 1 is 0.929 bits per heavy atom. The van der Waals surface area contributed by atoms with Crippen molar-refractivity contribution in [1.82, 2.24) is 10.1 Å². The van der Waals surface area contributed by atoms with E-state index in [0.717, 1.165) is 11.4 Å². The summed E-state index contributed by atoms with van der Waals surface area (Å²) in [4.78, 5) is 0. The molecule has 0 saturated heterocycles. The van der Waals surface area contributed by atoms with Crippen molar-refractivity contribution in [1.29, 1.82) is 0 Å². The summed E-state index contributed by atoms with van der Waals surface area (Å²) in [6, 6.07) is 0. The molecular weight excluding hydrogens is 174 g/mol. The lowest BCUT2D eigenvalue weighted by atomic mass is 10.2. The van der Waals surface area contributed by atoms with Crippen molar-refractivity contribution < 1.29 is 0 Å². The number of rotatable bonds is 0. The van der Waals surface area contributed by atoms with Crippen molar-refractivity contribution in [3.8, 4) is 0 Å². The highest BCUT2D eigenvalue weighted by Crippen LogP contribution is 2.24. The highest BCUT2D eigenvalue weighted by Gasteiger charge is 2.25. The first-order valence-corrected chi connectivity index (χ1v) is 4.52. The van der Waals surface area contributed by atoms with Gasteiger partial charge in [-0.2, -0.15) is 10.2 Å². The minimum absolute atomic E-state index is 0.992. The summed E-state index contributed by atoms with van der Waals surface area (Å²) < 4.78 is 0. The Morgan fingerprint density at radius 3 is 2.86 bits per heavy atom. The number of nitrogens with zero attached hydrogens (tertiary/aromatic N) is 3. The molecule has 3 nitrogen and oxygen atoms in total. The molecule has 2 aliphatic heterocycles. The van der Waals surface area contributed by atoms with E-state index in [0.29, 0.717) is 0 Å². The maximum Gasteiger partial charge on any atom is 0.111 e. The van der Waals surface area contributed by atoms with Crippen LogP contribution in [-0.2, 0) is 0 Å². The first-order valence-electron chi connectivity index (χ1n) is 4.52. The normalized spacial score (nSPS) is 21.7. The van der Waals surface area contributed by atoms with E-state index in [-0.39, 0.29) is 0 Å². The quantitative estimate of drug-likeness (QED) is 0.571. The number of hydrazone groups is 1. The largest absolute Gasteiger partial charge is 0.239 e. The van der Waals surface area contributed by atoms with E-state index in [2.05, 4.69) is 11.2 Å². The third-order valence-corrected chi connectivity index (χ3v) is 2.23. The van der Waals surface area contributed by atoms with Gasteiger partial charge in [0.25, 0.3) is 0 Å². The second-order valence-corrected chi connectivity index (χ2v) is 3.13. The fraction of sp³-hybridized carbons (Fsp3) is 0. The molecule has 0 bridgehead atoms. The summed E-state index contributed by atoms with van der Waals surface area (Å²) in [5, 5.41) is 8.27. The molecule has 1 aliphatic carbocycles. The monoisotopic (exact) mass is 183 g/mol. The number of hydrogen-bond donors (Lipinski definition) is 0. The lowest BCUT2D eigenvalue weighted by molar-refractivity contribution is 0.146. The highest BCUT2D eigenvalue weighted by atomic mass is 15.8. The zero-order valence-electron chi connectivity index (χ0n) is 7.54. The molecule has 0 aromatic carbocycles. The minimum Gasteiger partial charge on any atom is -0.239 e. The summed E-state index contributed by atoms with van der Waals surface area (Å²) >= 11 is 0. The standard InChI is InChI=1S/C11H9N3/c1-2-6-10-11(7-3-1)13-8-4-5-9-14(13)12-10/h1-9H. The van der Waals surface area contributed by atoms with Crippen LogP contribution in [0.15, 0.2) is 65.7 Å². The van der Waals surface area contributed by atoms with Crippen LogP contribution in [0.1, 0.15) is 0 Å². The molecule has 0 atom stereocenters. The van der Waals surface area contributed by atoms with Crippen LogP contribution in [0.3, 0.4) is 0 Å². The van der Waals surface area contributed by atoms with Crippen LogP contribution < -0.4 is 0 Å². The number of hydrogen-bond acceptors (Lipinski definition) is 3. The van der Waals surface area contributed by atoms with Gasteiger partial charge in [0.2, 0.25) is 0 Å². The molecule has 68 valence electrons. The Kier molecular flexibility index (Phi) is 1.44. The van der Waals surface area contributed by atoms with Gasteiger partial charge >= 0.3 is 0 Å². The van der Waals surface area contributed by atoms with Gasteiger partial charge in [0.1, 0.15) is 5.71 Å². The molecule has 3 rings (SSSR count). The number of hydrazine groups is 1. The summed E-state index contributed by atoms with van der Waals surface area (Å²) in [7, 11) is 0. The van der Waals surface area contributed by atoms with Crippen molar-refractivity contribution in [3.05, 3.63) is 60.6 Å². The molecule has 2 heterocycles. The van der Waals surface area contributed by atoms with Crippen LogP contribution in [0.2, 0.25) is 0 Å². The summed E-state index contributed by atoms with van der Waals surface area (Å²) in [5.41, 5.74) is 2.10. The van der Waals surface area contributed by atoms with E-state index in [9.17, 15) is 0 Å². The van der Waals surface area contributed by atoms with Gasteiger partial charge in [-0.3, -0.25) is 0 Å². The van der Waals surface area contributed by atoms with Gasteiger partial charge in [-0.25, -0.2) is 5.01 Å². The average molecular weight is 183 g/mol. The Morgan fingerprint density at radius 2 is 1.86 bits per heavy atom. The van der Waals surface area contributed by atoms with Gasteiger partial charge in [-0.1, -0.05) is 18.2 Å². The molecule has 0 fully saturated rings. The molecule has 3 heteroatoms. The predicted molar refractivity (Wildman–Crippen MR) is 55.8 cm³/mol. The van der Waals surface area contributed by atoms with Gasteiger partial charge in [-0.15, -0.1) is 0 Å².